The summed E-state index contributed by atoms with van der Waals surface area (Å²) in [7, 11) is 1.51. The minimum atomic E-state index is -0.510. The summed E-state index contributed by atoms with van der Waals surface area (Å²) < 4.78 is 1.28. The maximum atomic E-state index is 12.1. The Kier molecular flexibility index (Phi) is 5.02. The Labute approximate surface area is 139 Å². The highest BCUT2D eigenvalue weighted by Crippen LogP contribution is 2.18. The van der Waals surface area contributed by atoms with Crippen LogP contribution in [0.5, 0.6) is 0 Å². The number of nitro groups is 1. The van der Waals surface area contributed by atoms with Gasteiger partial charge in [-0.2, -0.15) is 0 Å². The molecule has 3 rings (SSSR count). The number of amides is 1. The molecule has 1 aromatic heterocycles. The molecule has 0 radical (unpaired) electrons. The van der Waals surface area contributed by atoms with Crippen molar-refractivity contribution in [2.75, 3.05) is 0 Å². The van der Waals surface area contributed by atoms with Gasteiger partial charge in [0, 0.05) is 25.7 Å². The van der Waals surface area contributed by atoms with Crippen LogP contribution in [0.1, 0.15) is 27.2 Å². The monoisotopic (exact) mass is 336 g/mol. The van der Waals surface area contributed by atoms with Crippen LogP contribution in [0.25, 0.3) is 0 Å². The normalized spacial score (nSPS) is 12.4. The van der Waals surface area contributed by atoms with Gasteiger partial charge >= 0.3 is 5.82 Å². The maximum absolute atomic E-state index is 12.1. The van der Waals surface area contributed by atoms with Crippen molar-refractivity contribution in [1.82, 2.24) is 15.2 Å². The zero-order chi connectivity index (χ0) is 15.7. The molecular formula is C15H17ClN4O3. The van der Waals surface area contributed by atoms with Gasteiger partial charge in [-0.1, -0.05) is 18.2 Å². The number of nitrogens with one attached hydrogen (secondary N) is 2. The Hall–Kier alpha value is -2.38. The summed E-state index contributed by atoms with van der Waals surface area (Å²) in [6, 6.07) is 8.91. The van der Waals surface area contributed by atoms with E-state index in [9.17, 15) is 14.9 Å². The topological polar surface area (TPSA) is 89.2 Å². The van der Waals surface area contributed by atoms with Gasteiger partial charge in [0.2, 0.25) is 0 Å². The molecule has 2 heterocycles. The number of hydrogen-bond donors (Lipinski definition) is 2. The van der Waals surface area contributed by atoms with Gasteiger partial charge in [0.15, 0.2) is 5.69 Å². The first kappa shape index (κ1) is 17.0. The van der Waals surface area contributed by atoms with Crippen LogP contribution in [0, 0.1) is 10.1 Å². The van der Waals surface area contributed by atoms with E-state index in [4.69, 9.17) is 0 Å². The van der Waals surface area contributed by atoms with E-state index in [1.54, 1.807) is 0 Å². The Morgan fingerprint density at radius 1 is 1.30 bits per heavy atom. The minimum Gasteiger partial charge on any atom is -0.358 e. The molecule has 1 aliphatic heterocycles. The Bertz CT molecular complexity index is 757. The van der Waals surface area contributed by atoms with Crippen LogP contribution in [0.4, 0.5) is 5.82 Å². The third kappa shape index (κ3) is 3.35. The molecule has 2 N–H and O–H groups in total. The SMILES string of the molecule is Cl.Cn1c(C(=O)NCc2ccc3c(c2)CNC3)ccc1[N+](=O)[O-]. The van der Waals surface area contributed by atoms with E-state index in [0.717, 1.165) is 18.7 Å². The quantitative estimate of drug-likeness (QED) is 0.659. The fourth-order valence-corrected chi connectivity index (χ4v) is 2.64. The van der Waals surface area contributed by atoms with Crippen LogP contribution in [-0.4, -0.2) is 15.4 Å². The van der Waals surface area contributed by atoms with Gasteiger partial charge in [0.25, 0.3) is 5.91 Å². The fraction of sp³-hybridized carbons (Fsp3) is 0.267. The number of nitrogens with zero attached hydrogens (tertiary/aromatic N) is 2. The molecule has 7 nitrogen and oxygen atoms in total. The summed E-state index contributed by atoms with van der Waals surface area (Å²) in [6.45, 7) is 2.13. The lowest BCUT2D eigenvalue weighted by Crippen LogP contribution is -2.25. The standard InChI is InChI=1S/C15H16N4O3.ClH/c1-18-13(4-5-14(18)19(21)22)15(20)17-7-10-2-3-11-8-16-9-12(11)6-10;/h2-6,16H,7-9H2,1H3,(H,17,20);1H. The average molecular weight is 337 g/mol. The second-order valence-corrected chi connectivity index (χ2v) is 5.28. The Balaban J connectivity index is 0.00000192. The van der Waals surface area contributed by atoms with Crippen molar-refractivity contribution >= 4 is 24.1 Å². The molecule has 0 atom stereocenters. The van der Waals surface area contributed by atoms with Crippen molar-refractivity contribution in [2.45, 2.75) is 19.6 Å². The minimum absolute atomic E-state index is 0. The first-order valence-electron chi connectivity index (χ1n) is 6.96. The number of carbonyl (C=O) groups excluding carboxylic acids is 1. The Morgan fingerprint density at radius 2 is 2.04 bits per heavy atom. The summed E-state index contributed by atoms with van der Waals surface area (Å²) in [5.74, 6) is -0.428. The summed E-state index contributed by atoms with van der Waals surface area (Å²) in [5.41, 5.74) is 3.82. The van der Waals surface area contributed by atoms with E-state index in [0.29, 0.717) is 6.54 Å². The molecule has 1 aromatic carbocycles. The van der Waals surface area contributed by atoms with E-state index in [-0.39, 0.29) is 29.8 Å². The number of aromatic nitrogens is 1. The molecule has 8 heteroatoms. The van der Waals surface area contributed by atoms with Crippen LogP contribution < -0.4 is 10.6 Å². The average Bonchev–Trinajstić information content (AvgIpc) is 3.10. The van der Waals surface area contributed by atoms with Crippen molar-refractivity contribution in [1.29, 1.82) is 0 Å². The molecule has 1 amide bonds. The number of rotatable bonds is 4. The smallest absolute Gasteiger partial charge is 0.323 e. The molecule has 122 valence electrons. The van der Waals surface area contributed by atoms with E-state index < -0.39 is 4.92 Å². The molecule has 23 heavy (non-hydrogen) atoms. The molecule has 0 unspecified atom stereocenters. The third-order valence-electron chi connectivity index (χ3n) is 3.87. The number of benzene rings is 1. The Morgan fingerprint density at radius 3 is 2.74 bits per heavy atom. The predicted octanol–water partition coefficient (Wildman–Crippen LogP) is 1.89. The third-order valence-corrected chi connectivity index (χ3v) is 3.87. The summed E-state index contributed by atoms with van der Waals surface area (Å²) in [4.78, 5) is 22.4. The van der Waals surface area contributed by atoms with E-state index >= 15 is 0 Å². The summed E-state index contributed by atoms with van der Waals surface area (Å²) in [5, 5.41) is 16.9. The van der Waals surface area contributed by atoms with Crippen molar-refractivity contribution in [3.8, 4) is 0 Å². The van der Waals surface area contributed by atoms with Crippen molar-refractivity contribution in [3.63, 3.8) is 0 Å². The van der Waals surface area contributed by atoms with Crippen LogP contribution in [0.3, 0.4) is 0 Å². The lowest BCUT2D eigenvalue weighted by Gasteiger charge is -2.06. The zero-order valence-corrected chi connectivity index (χ0v) is 13.4. The first-order valence-corrected chi connectivity index (χ1v) is 6.96. The van der Waals surface area contributed by atoms with E-state index in [1.165, 1.54) is 34.9 Å². The van der Waals surface area contributed by atoms with Gasteiger partial charge in [-0.05, 0) is 27.7 Å². The van der Waals surface area contributed by atoms with Crippen LogP contribution in [0.15, 0.2) is 30.3 Å². The highest BCUT2D eigenvalue weighted by Gasteiger charge is 2.20. The molecule has 0 spiro atoms. The van der Waals surface area contributed by atoms with Crippen molar-refractivity contribution < 1.29 is 9.72 Å². The van der Waals surface area contributed by atoms with Gasteiger partial charge < -0.3 is 20.7 Å². The lowest BCUT2D eigenvalue weighted by atomic mass is 10.1. The van der Waals surface area contributed by atoms with Crippen LogP contribution in [0.2, 0.25) is 0 Å². The van der Waals surface area contributed by atoms with E-state index in [2.05, 4.69) is 22.8 Å². The summed E-state index contributed by atoms with van der Waals surface area (Å²) >= 11 is 0. The molecule has 0 aliphatic carbocycles. The van der Waals surface area contributed by atoms with Gasteiger partial charge in [-0.15, -0.1) is 12.4 Å². The molecule has 1 aliphatic rings. The largest absolute Gasteiger partial charge is 0.358 e. The molecule has 0 bridgehead atoms. The molecule has 0 fully saturated rings. The lowest BCUT2D eigenvalue weighted by molar-refractivity contribution is -0.391. The molecule has 0 saturated heterocycles. The van der Waals surface area contributed by atoms with Crippen molar-refractivity contribution in [3.05, 3.63) is 62.8 Å². The van der Waals surface area contributed by atoms with Gasteiger partial charge in [0.05, 0.1) is 7.05 Å². The fourth-order valence-electron chi connectivity index (χ4n) is 2.64. The number of carbonyl (C=O) groups is 1. The van der Waals surface area contributed by atoms with Gasteiger partial charge in [-0.3, -0.25) is 4.79 Å². The van der Waals surface area contributed by atoms with Crippen molar-refractivity contribution in [2.24, 2.45) is 7.05 Å². The number of fused-ring (bicyclic) bond motifs is 1. The molecule has 0 saturated carbocycles. The molecular weight excluding hydrogens is 320 g/mol. The van der Waals surface area contributed by atoms with Gasteiger partial charge in [0.1, 0.15) is 0 Å². The molecule has 2 aromatic rings. The highest BCUT2D eigenvalue weighted by molar-refractivity contribution is 5.93. The summed E-state index contributed by atoms with van der Waals surface area (Å²) in [6.07, 6.45) is 0. The first-order chi connectivity index (χ1) is 10.6. The van der Waals surface area contributed by atoms with E-state index in [1.807, 2.05) is 6.07 Å². The number of hydrogen-bond acceptors (Lipinski definition) is 4. The van der Waals surface area contributed by atoms with Crippen LogP contribution >= 0.6 is 12.4 Å². The predicted molar refractivity (Wildman–Crippen MR) is 87.5 cm³/mol. The maximum Gasteiger partial charge on any atom is 0.323 e. The van der Waals surface area contributed by atoms with Crippen LogP contribution in [-0.2, 0) is 26.7 Å². The van der Waals surface area contributed by atoms with Gasteiger partial charge in [-0.25, -0.2) is 4.57 Å². The zero-order valence-electron chi connectivity index (χ0n) is 12.5. The number of halogens is 1. The second kappa shape index (κ2) is 6.80. The highest BCUT2D eigenvalue weighted by atomic mass is 35.5. The second-order valence-electron chi connectivity index (χ2n) is 5.28.